The number of unbranched alkanes of at least 4 members (excludes halogenated alkanes) is 2. The molecule has 0 saturated carbocycles. The van der Waals surface area contributed by atoms with Crippen LogP contribution in [0.15, 0.2) is 18.2 Å². The van der Waals surface area contributed by atoms with E-state index in [2.05, 4.69) is 0 Å². The molecule has 0 amide bonds. The summed E-state index contributed by atoms with van der Waals surface area (Å²) < 4.78 is 0. The Balaban J connectivity index is 2.91. The third-order valence-corrected chi connectivity index (χ3v) is 3.22. The summed E-state index contributed by atoms with van der Waals surface area (Å²) in [6.07, 6.45) is 4.64. The van der Waals surface area contributed by atoms with Crippen LogP contribution < -0.4 is 5.73 Å². The number of nitrogen functional groups attached to an aromatic ring is 1. The Labute approximate surface area is 115 Å². The summed E-state index contributed by atoms with van der Waals surface area (Å²) in [7, 11) is 0. The number of carbonyl (C=O) groups is 2. The van der Waals surface area contributed by atoms with E-state index in [1.165, 1.54) is 0 Å². The summed E-state index contributed by atoms with van der Waals surface area (Å²) in [4.78, 5) is 24.0. The number of hydrogen-bond donors (Lipinski definition) is 1. The van der Waals surface area contributed by atoms with Gasteiger partial charge in [-0.05, 0) is 25.0 Å². The maximum atomic E-state index is 12.0. The summed E-state index contributed by atoms with van der Waals surface area (Å²) in [5.74, 6) is 0.0639. The fourth-order valence-corrected chi connectivity index (χ4v) is 2.00. The van der Waals surface area contributed by atoms with Gasteiger partial charge in [-0.1, -0.05) is 32.8 Å². The SMILES string of the molecule is CCCCC(=O)c1cccc(C(=O)CCCC)c1N. The first kappa shape index (κ1) is 15.4. The largest absolute Gasteiger partial charge is 0.398 e. The number of hydrogen-bond acceptors (Lipinski definition) is 3. The van der Waals surface area contributed by atoms with Gasteiger partial charge < -0.3 is 5.73 Å². The summed E-state index contributed by atoms with van der Waals surface area (Å²) in [6, 6.07) is 5.17. The molecular formula is C16H23NO2. The van der Waals surface area contributed by atoms with Crippen molar-refractivity contribution in [3.8, 4) is 0 Å². The zero-order chi connectivity index (χ0) is 14.3. The van der Waals surface area contributed by atoms with Crippen molar-refractivity contribution in [2.45, 2.75) is 52.4 Å². The average molecular weight is 261 g/mol. The maximum Gasteiger partial charge on any atom is 0.164 e. The van der Waals surface area contributed by atoms with E-state index < -0.39 is 0 Å². The standard InChI is InChI=1S/C16H23NO2/c1-3-5-10-14(18)12-8-7-9-13(16(12)17)15(19)11-6-4-2/h7-9H,3-6,10-11,17H2,1-2H3. The number of benzene rings is 1. The van der Waals surface area contributed by atoms with Crippen LogP contribution in [0.3, 0.4) is 0 Å². The van der Waals surface area contributed by atoms with E-state index in [4.69, 9.17) is 5.73 Å². The molecule has 0 spiro atoms. The Morgan fingerprint density at radius 3 is 1.74 bits per heavy atom. The van der Waals surface area contributed by atoms with Gasteiger partial charge in [0.05, 0.1) is 5.69 Å². The van der Waals surface area contributed by atoms with Crippen LogP contribution in [0.4, 0.5) is 5.69 Å². The molecule has 0 aliphatic heterocycles. The topological polar surface area (TPSA) is 60.2 Å². The molecular weight excluding hydrogens is 238 g/mol. The minimum Gasteiger partial charge on any atom is -0.398 e. The smallest absolute Gasteiger partial charge is 0.164 e. The fraction of sp³-hybridized carbons (Fsp3) is 0.500. The highest BCUT2D eigenvalue weighted by atomic mass is 16.1. The Morgan fingerprint density at radius 1 is 0.947 bits per heavy atom. The van der Waals surface area contributed by atoms with Crippen molar-refractivity contribution in [3.63, 3.8) is 0 Å². The van der Waals surface area contributed by atoms with Crippen molar-refractivity contribution in [1.29, 1.82) is 0 Å². The van der Waals surface area contributed by atoms with Crippen LogP contribution >= 0.6 is 0 Å². The molecule has 0 unspecified atom stereocenters. The van der Waals surface area contributed by atoms with Crippen molar-refractivity contribution in [2.24, 2.45) is 0 Å². The van der Waals surface area contributed by atoms with Crippen LogP contribution in [0.5, 0.6) is 0 Å². The van der Waals surface area contributed by atoms with Gasteiger partial charge in [-0.2, -0.15) is 0 Å². The first-order chi connectivity index (χ1) is 9.11. The first-order valence-corrected chi connectivity index (χ1v) is 7.06. The summed E-state index contributed by atoms with van der Waals surface area (Å²) in [6.45, 7) is 4.09. The Bertz CT molecular complexity index is 414. The van der Waals surface area contributed by atoms with Crippen molar-refractivity contribution in [2.75, 3.05) is 5.73 Å². The lowest BCUT2D eigenvalue weighted by Gasteiger charge is -2.09. The van der Waals surface area contributed by atoms with Crippen LogP contribution in [0.2, 0.25) is 0 Å². The number of para-hydroxylation sites is 1. The van der Waals surface area contributed by atoms with E-state index in [1.807, 2.05) is 13.8 Å². The number of rotatable bonds is 8. The van der Waals surface area contributed by atoms with E-state index in [0.29, 0.717) is 29.7 Å². The van der Waals surface area contributed by atoms with Crippen molar-refractivity contribution < 1.29 is 9.59 Å². The monoisotopic (exact) mass is 261 g/mol. The lowest BCUT2D eigenvalue weighted by atomic mass is 9.97. The molecule has 0 fully saturated rings. The number of carbonyl (C=O) groups excluding carboxylic acids is 2. The highest BCUT2D eigenvalue weighted by molar-refractivity contribution is 6.08. The number of nitrogens with two attached hydrogens (primary N) is 1. The van der Waals surface area contributed by atoms with E-state index >= 15 is 0 Å². The molecule has 0 radical (unpaired) electrons. The van der Waals surface area contributed by atoms with Crippen LogP contribution in [0, 0.1) is 0 Å². The average Bonchev–Trinajstić information content (AvgIpc) is 2.42. The van der Waals surface area contributed by atoms with Gasteiger partial charge in [0.25, 0.3) is 0 Å². The molecule has 1 aromatic carbocycles. The third kappa shape index (κ3) is 4.19. The third-order valence-electron chi connectivity index (χ3n) is 3.22. The van der Waals surface area contributed by atoms with Gasteiger partial charge in [0.15, 0.2) is 11.6 Å². The van der Waals surface area contributed by atoms with E-state index in [0.717, 1.165) is 25.7 Å². The van der Waals surface area contributed by atoms with Gasteiger partial charge in [0.2, 0.25) is 0 Å². The zero-order valence-corrected chi connectivity index (χ0v) is 11.9. The van der Waals surface area contributed by atoms with Crippen LogP contribution in [0.1, 0.15) is 73.1 Å². The predicted molar refractivity (Wildman–Crippen MR) is 78.6 cm³/mol. The number of ketones is 2. The molecule has 0 aliphatic carbocycles. The molecule has 2 N–H and O–H groups in total. The number of anilines is 1. The van der Waals surface area contributed by atoms with Crippen LogP contribution in [0.25, 0.3) is 0 Å². The Morgan fingerprint density at radius 2 is 1.37 bits per heavy atom. The predicted octanol–water partition coefficient (Wildman–Crippen LogP) is 4.01. The normalized spacial score (nSPS) is 10.4. The Kier molecular flexibility index (Phi) is 6.26. The van der Waals surface area contributed by atoms with E-state index in [-0.39, 0.29) is 11.6 Å². The minimum absolute atomic E-state index is 0.0319. The van der Waals surface area contributed by atoms with E-state index in [1.54, 1.807) is 18.2 Å². The van der Waals surface area contributed by atoms with Gasteiger partial charge in [-0.25, -0.2) is 0 Å². The lowest BCUT2D eigenvalue weighted by molar-refractivity contribution is 0.0979. The molecule has 0 bridgehead atoms. The van der Waals surface area contributed by atoms with Crippen molar-refractivity contribution in [1.82, 2.24) is 0 Å². The van der Waals surface area contributed by atoms with Gasteiger partial charge in [0.1, 0.15) is 0 Å². The molecule has 0 aliphatic rings. The van der Waals surface area contributed by atoms with E-state index in [9.17, 15) is 9.59 Å². The minimum atomic E-state index is 0.0319. The molecule has 3 nitrogen and oxygen atoms in total. The number of Topliss-reactive ketones (excluding diaryl/α,β-unsaturated/α-hetero) is 2. The fourth-order valence-electron chi connectivity index (χ4n) is 2.00. The maximum absolute atomic E-state index is 12.0. The van der Waals surface area contributed by atoms with Gasteiger partial charge in [0, 0.05) is 24.0 Å². The molecule has 0 saturated heterocycles. The van der Waals surface area contributed by atoms with Crippen molar-refractivity contribution >= 4 is 17.3 Å². The molecule has 19 heavy (non-hydrogen) atoms. The zero-order valence-electron chi connectivity index (χ0n) is 11.9. The molecule has 3 heteroatoms. The molecule has 0 heterocycles. The van der Waals surface area contributed by atoms with Gasteiger partial charge in [-0.15, -0.1) is 0 Å². The first-order valence-electron chi connectivity index (χ1n) is 7.06. The summed E-state index contributed by atoms with van der Waals surface area (Å²) in [5, 5.41) is 0. The molecule has 1 rings (SSSR count). The second kappa shape index (κ2) is 7.72. The molecule has 1 aromatic rings. The molecule has 0 aromatic heterocycles. The van der Waals surface area contributed by atoms with Gasteiger partial charge >= 0.3 is 0 Å². The second-order valence-electron chi connectivity index (χ2n) is 4.82. The highest BCUT2D eigenvalue weighted by Gasteiger charge is 2.15. The Hall–Kier alpha value is -1.64. The highest BCUT2D eigenvalue weighted by Crippen LogP contribution is 2.22. The molecule has 104 valence electrons. The van der Waals surface area contributed by atoms with Crippen LogP contribution in [-0.4, -0.2) is 11.6 Å². The quantitative estimate of drug-likeness (QED) is 0.568. The second-order valence-corrected chi connectivity index (χ2v) is 4.82. The summed E-state index contributed by atoms with van der Waals surface area (Å²) in [5.41, 5.74) is 7.33. The molecule has 0 atom stereocenters. The van der Waals surface area contributed by atoms with Crippen LogP contribution in [-0.2, 0) is 0 Å². The van der Waals surface area contributed by atoms with Crippen molar-refractivity contribution in [3.05, 3.63) is 29.3 Å². The lowest BCUT2D eigenvalue weighted by Crippen LogP contribution is -2.10. The summed E-state index contributed by atoms with van der Waals surface area (Å²) >= 11 is 0. The van der Waals surface area contributed by atoms with Gasteiger partial charge in [-0.3, -0.25) is 9.59 Å².